The summed E-state index contributed by atoms with van der Waals surface area (Å²) in [5, 5.41) is 0. The van der Waals surface area contributed by atoms with Gasteiger partial charge < -0.3 is 0 Å². The van der Waals surface area contributed by atoms with Crippen molar-refractivity contribution in [2.45, 2.75) is 6.42 Å². The van der Waals surface area contributed by atoms with Crippen molar-refractivity contribution < 1.29 is 0 Å². The quantitative estimate of drug-likeness (QED) is 0.444. The van der Waals surface area contributed by atoms with Crippen molar-refractivity contribution in [3.8, 4) is 19.7 Å². The molecule has 82 valence electrons. The Morgan fingerprint density at radius 3 is 2.06 bits per heavy atom. The topological polar surface area (TPSA) is 0 Å². The van der Waals surface area contributed by atoms with E-state index in [0.29, 0.717) is 0 Å². The second kappa shape index (κ2) is 6.28. The maximum Gasteiger partial charge on any atom is 0.0271 e. The van der Waals surface area contributed by atoms with Crippen LogP contribution in [0.15, 0.2) is 36.4 Å². The third-order valence-corrected chi connectivity index (χ3v) is 3.00. The van der Waals surface area contributed by atoms with Crippen LogP contribution in [0.3, 0.4) is 0 Å². The van der Waals surface area contributed by atoms with Gasteiger partial charge in [0.05, 0.1) is 0 Å². The monoisotopic (exact) mass is 442 g/mol. The molecule has 0 atom stereocenters. The van der Waals surface area contributed by atoms with Crippen LogP contribution in [-0.2, 0) is 0 Å². The van der Waals surface area contributed by atoms with Crippen LogP contribution < -0.4 is 0 Å². The molecule has 2 heteroatoms. The van der Waals surface area contributed by atoms with Crippen LogP contribution in [-0.4, -0.2) is 0 Å². The van der Waals surface area contributed by atoms with Gasteiger partial charge in [0, 0.05) is 56.3 Å². The van der Waals surface area contributed by atoms with Gasteiger partial charge in [0.1, 0.15) is 0 Å². The van der Waals surface area contributed by atoms with Gasteiger partial charge >= 0.3 is 0 Å². The molecule has 0 unspecified atom stereocenters. The summed E-state index contributed by atoms with van der Waals surface area (Å²) in [5.74, 6) is 6.18. The van der Waals surface area contributed by atoms with Crippen molar-refractivity contribution in [2.75, 3.05) is 0 Å². The Kier molecular flexibility index (Phi) is 4.70. The van der Waals surface area contributed by atoms with E-state index in [1.165, 1.54) is 11.1 Å². The van der Waals surface area contributed by atoms with E-state index >= 15 is 0 Å². The molecule has 1 aromatic carbocycles. The summed E-state index contributed by atoms with van der Waals surface area (Å²) in [6.45, 7) is 0. The highest BCUT2D eigenvalue weighted by Gasteiger charge is 2.05. The van der Waals surface area contributed by atoms with E-state index in [0.717, 1.165) is 17.5 Å². The second-order valence-electron chi connectivity index (χ2n) is 3.56. The summed E-state index contributed by atoms with van der Waals surface area (Å²) in [7, 11) is 0. The zero-order chi connectivity index (χ0) is 12.1. The van der Waals surface area contributed by atoms with Crippen molar-refractivity contribution in [2.24, 2.45) is 0 Å². The molecule has 1 aliphatic rings. The Labute approximate surface area is 129 Å². The third kappa shape index (κ3) is 3.37. The normalized spacial score (nSPS) is 12.2. The second-order valence-corrected chi connectivity index (χ2v) is 4.64. The summed E-state index contributed by atoms with van der Waals surface area (Å²) in [4.78, 5) is 0. The highest BCUT2D eigenvalue weighted by Crippen LogP contribution is 2.25. The molecule has 0 heterocycles. The predicted molar refractivity (Wildman–Crippen MR) is 90.0 cm³/mol. The molecule has 0 aromatic heterocycles. The van der Waals surface area contributed by atoms with Crippen molar-refractivity contribution in [3.05, 3.63) is 53.1 Å². The van der Waals surface area contributed by atoms with E-state index in [2.05, 4.69) is 95.2 Å². The first kappa shape index (κ1) is 12.7. The molecule has 0 N–H and O–H groups in total. The molecule has 1 aliphatic carbocycles. The molecular formula is C15H8I2. The zero-order valence-corrected chi connectivity index (χ0v) is 13.2. The maximum absolute atomic E-state index is 3.09. The molecule has 0 spiro atoms. The number of rotatable bonds is 1. The van der Waals surface area contributed by atoms with Gasteiger partial charge in [-0.25, -0.2) is 0 Å². The van der Waals surface area contributed by atoms with Gasteiger partial charge in [-0.1, -0.05) is 30.1 Å². The van der Waals surface area contributed by atoms with E-state index in [-0.39, 0.29) is 0 Å². The highest BCUT2D eigenvalue weighted by atomic mass is 127. The van der Waals surface area contributed by atoms with Crippen LogP contribution in [0.25, 0.3) is 5.57 Å². The summed E-state index contributed by atoms with van der Waals surface area (Å²) < 4.78 is 5.81. The fourth-order valence-electron chi connectivity index (χ4n) is 1.73. The minimum absolute atomic E-state index is 0.998. The van der Waals surface area contributed by atoms with E-state index in [1.807, 2.05) is 6.07 Å². The van der Waals surface area contributed by atoms with Crippen LogP contribution in [0, 0.1) is 19.7 Å². The Balaban J connectivity index is 2.49. The molecule has 17 heavy (non-hydrogen) atoms. The fraction of sp³-hybridized carbons (Fsp3) is 0.0667. The van der Waals surface area contributed by atoms with Crippen LogP contribution in [0.4, 0.5) is 0 Å². The van der Waals surface area contributed by atoms with E-state index in [9.17, 15) is 0 Å². The zero-order valence-electron chi connectivity index (χ0n) is 8.93. The van der Waals surface area contributed by atoms with Crippen LogP contribution >= 0.6 is 45.2 Å². The van der Waals surface area contributed by atoms with Crippen molar-refractivity contribution in [1.29, 1.82) is 0 Å². The summed E-state index contributed by atoms with van der Waals surface area (Å²) >= 11 is 4.12. The first-order chi connectivity index (χ1) is 8.33. The van der Waals surface area contributed by atoms with Gasteiger partial charge in [-0.3, -0.25) is 0 Å². The number of benzene rings is 1. The molecule has 1 aromatic rings. The smallest absolute Gasteiger partial charge is 0.0271 e. The Morgan fingerprint density at radius 2 is 1.59 bits per heavy atom. The number of hydrogen-bond donors (Lipinski definition) is 0. The Morgan fingerprint density at radius 1 is 0.941 bits per heavy atom. The average Bonchev–Trinajstić information content (AvgIpc) is 2.83. The lowest BCUT2D eigenvalue weighted by molar-refractivity contribution is 1.42. The molecule has 0 bridgehead atoms. The minimum Gasteiger partial charge on any atom is -0.0801 e. The largest absolute Gasteiger partial charge is 0.0801 e. The molecule has 0 saturated heterocycles. The van der Waals surface area contributed by atoms with Gasteiger partial charge in [0.15, 0.2) is 0 Å². The lowest BCUT2D eigenvalue weighted by atomic mass is 9.99. The fourth-order valence-corrected chi connectivity index (χ4v) is 2.35. The minimum atomic E-state index is 0.998. The number of hydrogen-bond acceptors (Lipinski definition) is 0. The van der Waals surface area contributed by atoms with E-state index in [1.54, 1.807) is 0 Å². The molecule has 0 fully saturated rings. The van der Waals surface area contributed by atoms with Crippen LogP contribution in [0.2, 0.25) is 0 Å². The van der Waals surface area contributed by atoms with Crippen LogP contribution in [0.1, 0.15) is 23.1 Å². The van der Waals surface area contributed by atoms with Gasteiger partial charge in [-0.2, -0.15) is 0 Å². The van der Waals surface area contributed by atoms with Crippen LogP contribution in [0.5, 0.6) is 0 Å². The molecule has 0 nitrogen and oxygen atoms in total. The predicted octanol–water partition coefficient (Wildman–Crippen LogP) is 4.52. The van der Waals surface area contributed by atoms with Gasteiger partial charge in [-0.05, 0) is 43.6 Å². The van der Waals surface area contributed by atoms with Gasteiger partial charge in [0.2, 0.25) is 0 Å². The first-order valence-corrected chi connectivity index (χ1v) is 7.23. The molecule has 0 amide bonds. The van der Waals surface area contributed by atoms with E-state index in [4.69, 9.17) is 0 Å². The molecule has 0 radical (unpaired) electrons. The van der Waals surface area contributed by atoms with Gasteiger partial charge in [0.25, 0.3) is 0 Å². The number of allylic oxidation sites excluding steroid dienone is 4. The van der Waals surface area contributed by atoms with Crippen molar-refractivity contribution in [1.82, 2.24) is 0 Å². The number of halogens is 2. The Hall–Kier alpha value is -0.720. The molecule has 2 rings (SSSR count). The molecule has 0 aliphatic heterocycles. The maximum atomic E-state index is 3.09. The highest BCUT2D eigenvalue weighted by molar-refractivity contribution is 14.1. The van der Waals surface area contributed by atoms with E-state index < -0.39 is 0 Å². The average molecular weight is 442 g/mol. The van der Waals surface area contributed by atoms with Crippen molar-refractivity contribution in [3.63, 3.8) is 0 Å². The summed E-state index contributed by atoms with van der Waals surface area (Å²) in [6, 6.07) is 6.29. The summed E-state index contributed by atoms with van der Waals surface area (Å²) in [6.07, 6.45) is 7.40. The Bertz CT molecular complexity index is 576. The lowest BCUT2D eigenvalue weighted by Gasteiger charge is -2.04. The van der Waals surface area contributed by atoms with Gasteiger partial charge in [-0.15, -0.1) is 0 Å². The SMILES string of the molecule is IC#Cc1cc(C#CI)cc(C2=CC=CC2)c1. The molecular weight excluding hydrogens is 434 g/mol. The lowest BCUT2D eigenvalue weighted by Crippen LogP contribution is -1.87. The van der Waals surface area contributed by atoms with Crippen molar-refractivity contribution >= 4 is 50.8 Å². The third-order valence-electron chi connectivity index (χ3n) is 2.46. The molecule has 0 saturated carbocycles. The standard InChI is InChI=1S/C15H8I2/c16-7-5-12-9-13(6-8-17)11-15(10-12)14-3-1-2-4-14/h1-3,9-11H,4H2. The first-order valence-electron chi connectivity index (χ1n) is 5.08. The summed E-state index contributed by atoms with van der Waals surface area (Å²) in [5.41, 5.74) is 4.61.